The van der Waals surface area contributed by atoms with Crippen LogP contribution in [0, 0.1) is 18.7 Å². The highest BCUT2D eigenvalue weighted by Gasteiger charge is 2.21. The average molecular weight is 281 g/mol. The number of aliphatic hydroxyl groups excluding tert-OH is 1. The Morgan fingerprint density at radius 2 is 2.20 bits per heavy atom. The fourth-order valence-corrected chi connectivity index (χ4v) is 2.25. The van der Waals surface area contributed by atoms with Gasteiger partial charge in [0.1, 0.15) is 5.82 Å². The topological polar surface area (TPSA) is 32.7 Å². The number of halogens is 1. The van der Waals surface area contributed by atoms with Gasteiger partial charge < -0.3 is 14.7 Å². The third kappa shape index (κ3) is 4.85. The Labute approximate surface area is 120 Å². The molecule has 0 bridgehead atoms. The molecule has 1 aliphatic rings. The maximum Gasteiger partial charge on any atom is 0.123 e. The van der Waals surface area contributed by atoms with E-state index in [4.69, 9.17) is 4.74 Å². The second kappa shape index (κ2) is 7.16. The number of nitrogens with zero attached hydrogens (tertiary/aromatic N) is 1. The molecule has 4 heteroatoms. The predicted octanol–water partition coefficient (Wildman–Crippen LogP) is 2.53. The summed E-state index contributed by atoms with van der Waals surface area (Å²) in [6.07, 6.45) is 2.01. The van der Waals surface area contributed by atoms with E-state index in [1.54, 1.807) is 6.07 Å². The Bertz CT molecular complexity index is 434. The van der Waals surface area contributed by atoms with Crippen LogP contribution < -0.4 is 0 Å². The standard InChI is InChI=1S/C16H24FNO2/c1-12-9-14(17)5-6-15(12)16(19)10-18(2)7-8-20-11-13-3-4-13/h5-6,9,13,16,19H,3-4,7-8,10-11H2,1-2H3. The zero-order chi connectivity index (χ0) is 14.5. The Hall–Kier alpha value is -0.970. The van der Waals surface area contributed by atoms with E-state index in [2.05, 4.69) is 0 Å². The number of rotatable bonds is 8. The van der Waals surface area contributed by atoms with E-state index in [0.717, 1.165) is 30.2 Å². The van der Waals surface area contributed by atoms with Crippen molar-refractivity contribution in [3.63, 3.8) is 0 Å². The van der Waals surface area contributed by atoms with Crippen molar-refractivity contribution in [3.05, 3.63) is 35.1 Å². The fraction of sp³-hybridized carbons (Fsp3) is 0.625. The lowest BCUT2D eigenvalue weighted by atomic mass is 10.0. The average Bonchev–Trinajstić information content (AvgIpc) is 3.18. The maximum absolute atomic E-state index is 13.0. The van der Waals surface area contributed by atoms with Crippen molar-refractivity contribution in [1.82, 2.24) is 4.90 Å². The molecule has 0 heterocycles. The van der Waals surface area contributed by atoms with Gasteiger partial charge in [0.25, 0.3) is 0 Å². The van der Waals surface area contributed by atoms with Crippen molar-refractivity contribution in [3.8, 4) is 0 Å². The molecule has 20 heavy (non-hydrogen) atoms. The van der Waals surface area contributed by atoms with Gasteiger partial charge in [0.15, 0.2) is 0 Å². The summed E-state index contributed by atoms with van der Waals surface area (Å²) >= 11 is 0. The molecule has 1 aliphatic carbocycles. The van der Waals surface area contributed by atoms with E-state index in [1.165, 1.54) is 25.0 Å². The van der Waals surface area contributed by atoms with E-state index in [-0.39, 0.29) is 5.82 Å². The van der Waals surface area contributed by atoms with Gasteiger partial charge in [0, 0.05) is 19.7 Å². The molecule has 2 rings (SSSR count). The third-order valence-corrected chi connectivity index (χ3v) is 3.74. The first-order valence-electron chi connectivity index (χ1n) is 7.26. The molecule has 0 aliphatic heterocycles. The molecule has 1 N–H and O–H groups in total. The van der Waals surface area contributed by atoms with E-state index in [1.807, 2.05) is 18.9 Å². The molecule has 112 valence electrons. The summed E-state index contributed by atoms with van der Waals surface area (Å²) in [5.74, 6) is 0.521. The van der Waals surface area contributed by atoms with Crippen LogP contribution in [0.25, 0.3) is 0 Å². The highest BCUT2D eigenvalue weighted by Crippen LogP contribution is 2.28. The second-order valence-electron chi connectivity index (χ2n) is 5.80. The number of ether oxygens (including phenoxy) is 1. The van der Waals surface area contributed by atoms with Crippen LogP contribution in [0.1, 0.15) is 30.1 Å². The van der Waals surface area contributed by atoms with Gasteiger partial charge in [0.05, 0.1) is 12.7 Å². The Morgan fingerprint density at radius 1 is 1.45 bits per heavy atom. The minimum atomic E-state index is -0.593. The number of benzene rings is 1. The van der Waals surface area contributed by atoms with Gasteiger partial charge in [-0.05, 0) is 56.0 Å². The molecule has 1 fully saturated rings. The highest BCUT2D eigenvalue weighted by molar-refractivity contribution is 5.28. The second-order valence-corrected chi connectivity index (χ2v) is 5.80. The van der Waals surface area contributed by atoms with Gasteiger partial charge in [0.2, 0.25) is 0 Å². The van der Waals surface area contributed by atoms with Crippen molar-refractivity contribution in [2.24, 2.45) is 5.92 Å². The minimum absolute atomic E-state index is 0.264. The van der Waals surface area contributed by atoms with Gasteiger partial charge in [-0.15, -0.1) is 0 Å². The molecule has 1 aromatic carbocycles. The van der Waals surface area contributed by atoms with E-state index >= 15 is 0 Å². The van der Waals surface area contributed by atoms with Crippen LogP contribution in [0.15, 0.2) is 18.2 Å². The monoisotopic (exact) mass is 281 g/mol. The Kier molecular flexibility index (Phi) is 5.52. The Morgan fingerprint density at radius 3 is 2.85 bits per heavy atom. The maximum atomic E-state index is 13.0. The largest absolute Gasteiger partial charge is 0.387 e. The summed E-state index contributed by atoms with van der Waals surface area (Å²) in [6, 6.07) is 4.51. The van der Waals surface area contributed by atoms with Gasteiger partial charge in [-0.1, -0.05) is 6.07 Å². The summed E-state index contributed by atoms with van der Waals surface area (Å²) < 4.78 is 18.6. The lowest BCUT2D eigenvalue weighted by molar-refractivity contribution is 0.0792. The van der Waals surface area contributed by atoms with Gasteiger partial charge in [-0.25, -0.2) is 4.39 Å². The first-order valence-corrected chi connectivity index (χ1v) is 7.26. The molecule has 1 aromatic rings. The zero-order valence-electron chi connectivity index (χ0n) is 12.3. The van der Waals surface area contributed by atoms with Gasteiger partial charge >= 0.3 is 0 Å². The molecule has 0 aromatic heterocycles. The molecular weight excluding hydrogens is 257 g/mol. The summed E-state index contributed by atoms with van der Waals surface area (Å²) in [4.78, 5) is 2.04. The molecule has 0 spiro atoms. The SMILES string of the molecule is Cc1cc(F)ccc1C(O)CN(C)CCOCC1CC1. The summed E-state index contributed by atoms with van der Waals surface area (Å²) in [5, 5.41) is 10.2. The molecule has 0 saturated heterocycles. The number of hydrogen-bond acceptors (Lipinski definition) is 3. The molecular formula is C16H24FNO2. The summed E-state index contributed by atoms with van der Waals surface area (Å²) in [5.41, 5.74) is 1.58. The van der Waals surface area contributed by atoms with E-state index in [9.17, 15) is 9.50 Å². The number of likely N-dealkylation sites (N-methyl/N-ethyl adjacent to an activating group) is 1. The van der Waals surface area contributed by atoms with Gasteiger partial charge in [-0.2, -0.15) is 0 Å². The number of hydrogen-bond donors (Lipinski definition) is 1. The third-order valence-electron chi connectivity index (χ3n) is 3.74. The minimum Gasteiger partial charge on any atom is -0.387 e. The van der Waals surface area contributed by atoms with Crippen LogP contribution in [-0.2, 0) is 4.74 Å². The van der Waals surface area contributed by atoms with Crippen LogP contribution >= 0.6 is 0 Å². The van der Waals surface area contributed by atoms with Crippen molar-refractivity contribution in [2.45, 2.75) is 25.9 Å². The lowest BCUT2D eigenvalue weighted by Crippen LogP contribution is -2.28. The fourth-order valence-electron chi connectivity index (χ4n) is 2.25. The van der Waals surface area contributed by atoms with Crippen LogP contribution in [0.4, 0.5) is 4.39 Å². The molecule has 0 amide bonds. The quantitative estimate of drug-likeness (QED) is 0.743. The highest BCUT2D eigenvalue weighted by atomic mass is 19.1. The van der Waals surface area contributed by atoms with E-state index < -0.39 is 6.10 Å². The predicted molar refractivity (Wildman–Crippen MR) is 77.1 cm³/mol. The number of aliphatic hydroxyl groups is 1. The van der Waals surface area contributed by atoms with Gasteiger partial charge in [-0.3, -0.25) is 0 Å². The lowest BCUT2D eigenvalue weighted by Gasteiger charge is -2.21. The van der Waals surface area contributed by atoms with Crippen molar-refractivity contribution in [2.75, 3.05) is 33.4 Å². The zero-order valence-corrected chi connectivity index (χ0v) is 12.3. The molecule has 1 atom stereocenters. The van der Waals surface area contributed by atoms with Crippen LogP contribution in [0.2, 0.25) is 0 Å². The van der Waals surface area contributed by atoms with Crippen LogP contribution in [0.3, 0.4) is 0 Å². The Balaban J connectivity index is 1.72. The van der Waals surface area contributed by atoms with Crippen molar-refractivity contribution >= 4 is 0 Å². The smallest absolute Gasteiger partial charge is 0.123 e. The van der Waals surface area contributed by atoms with Crippen molar-refractivity contribution < 1.29 is 14.2 Å². The first-order chi connectivity index (χ1) is 9.56. The molecule has 1 unspecified atom stereocenters. The van der Waals surface area contributed by atoms with Crippen LogP contribution in [0.5, 0.6) is 0 Å². The summed E-state index contributed by atoms with van der Waals surface area (Å²) in [7, 11) is 1.96. The number of aryl methyl sites for hydroxylation is 1. The first kappa shape index (κ1) is 15.4. The van der Waals surface area contributed by atoms with E-state index in [0.29, 0.717) is 13.2 Å². The molecule has 1 saturated carbocycles. The molecule has 0 radical (unpaired) electrons. The normalized spacial score (nSPS) is 16.6. The molecule has 3 nitrogen and oxygen atoms in total. The summed E-state index contributed by atoms with van der Waals surface area (Å²) in [6.45, 7) is 4.71. The van der Waals surface area contributed by atoms with Crippen molar-refractivity contribution in [1.29, 1.82) is 0 Å². The van der Waals surface area contributed by atoms with Crippen LogP contribution in [-0.4, -0.2) is 43.4 Å².